The van der Waals surface area contributed by atoms with Gasteiger partial charge in [0.25, 0.3) is 0 Å². The molecule has 174 valence electrons. The summed E-state index contributed by atoms with van der Waals surface area (Å²) in [5.74, 6) is -0.141. The quantitative estimate of drug-likeness (QED) is 0.700. The Morgan fingerprint density at radius 3 is 2.75 bits per heavy atom. The molecule has 0 spiro atoms. The summed E-state index contributed by atoms with van der Waals surface area (Å²) in [5.41, 5.74) is 0.819. The van der Waals surface area contributed by atoms with Gasteiger partial charge in [-0.25, -0.2) is 4.79 Å². The Bertz CT molecular complexity index is 838. The van der Waals surface area contributed by atoms with Gasteiger partial charge in [-0.05, 0) is 36.5 Å². The zero-order chi connectivity index (χ0) is 22.5. The van der Waals surface area contributed by atoms with Crippen molar-refractivity contribution in [2.75, 3.05) is 26.9 Å². The Labute approximate surface area is 188 Å². The van der Waals surface area contributed by atoms with Gasteiger partial charge in [0.1, 0.15) is 24.4 Å². The van der Waals surface area contributed by atoms with Crippen molar-refractivity contribution >= 4 is 17.8 Å². The van der Waals surface area contributed by atoms with E-state index >= 15 is 0 Å². The van der Waals surface area contributed by atoms with Crippen LogP contribution in [0.2, 0.25) is 0 Å². The van der Waals surface area contributed by atoms with Crippen molar-refractivity contribution in [1.82, 2.24) is 10.2 Å². The molecule has 3 aliphatic rings. The van der Waals surface area contributed by atoms with Gasteiger partial charge >= 0.3 is 5.97 Å². The minimum Gasteiger partial charge on any atom is -0.491 e. The summed E-state index contributed by atoms with van der Waals surface area (Å²) in [6.45, 7) is 0.979. The Morgan fingerprint density at radius 2 is 1.97 bits per heavy atom. The number of nitrogens with zero attached hydrogens (tertiary/aromatic N) is 1. The summed E-state index contributed by atoms with van der Waals surface area (Å²) < 4.78 is 16.7. The minimum absolute atomic E-state index is 0.0591. The molecule has 4 rings (SSSR count). The van der Waals surface area contributed by atoms with E-state index in [0.717, 1.165) is 37.7 Å². The van der Waals surface area contributed by atoms with E-state index in [-0.39, 0.29) is 30.3 Å². The Morgan fingerprint density at radius 1 is 1.16 bits per heavy atom. The first-order chi connectivity index (χ1) is 15.5. The number of nitrogens with one attached hydrogen (secondary N) is 1. The van der Waals surface area contributed by atoms with Crippen LogP contribution in [-0.2, 0) is 30.3 Å². The molecular weight excluding hydrogens is 412 g/mol. The molecule has 1 saturated heterocycles. The summed E-state index contributed by atoms with van der Waals surface area (Å²) in [7, 11) is 1.33. The highest BCUT2D eigenvalue weighted by molar-refractivity contribution is 5.92. The van der Waals surface area contributed by atoms with Crippen LogP contribution in [0.15, 0.2) is 24.3 Å². The second kappa shape index (κ2) is 10.3. The average Bonchev–Trinajstić information content (AvgIpc) is 3.24. The van der Waals surface area contributed by atoms with Gasteiger partial charge in [0, 0.05) is 13.0 Å². The van der Waals surface area contributed by atoms with Gasteiger partial charge in [0.2, 0.25) is 11.8 Å². The van der Waals surface area contributed by atoms with E-state index in [9.17, 15) is 14.4 Å². The predicted octanol–water partition coefficient (Wildman–Crippen LogP) is 1.85. The number of esters is 1. The van der Waals surface area contributed by atoms with Gasteiger partial charge < -0.3 is 24.4 Å². The lowest BCUT2D eigenvalue weighted by Gasteiger charge is -2.34. The van der Waals surface area contributed by atoms with Gasteiger partial charge in [0.05, 0.1) is 26.2 Å². The molecule has 0 aromatic heterocycles. The van der Waals surface area contributed by atoms with Gasteiger partial charge in [-0.1, -0.05) is 31.4 Å². The third-order valence-corrected chi connectivity index (χ3v) is 6.69. The lowest BCUT2D eigenvalue weighted by molar-refractivity contribution is -0.152. The molecule has 0 unspecified atom stereocenters. The molecule has 2 fully saturated rings. The van der Waals surface area contributed by atoms with E-state index in [1.807, 2.05) is 24.3 Å². The van der Waals surface area contributed by atoms with Crippen molar-refractivity contribution in [1.29, 1.82) is 0 Å². The van der Waals surface area contributed by atoms with Crippen LogP contribution in [-0.4, -0.2) is 67.7 Å². The van der Waals surface area contributed by atoms with E-state index in [0.29, 0.717) is 31.9 Å². The lowest BCUT2D eigenvalue weighted by Crippen LogP contribution is -2.55. The maximum absolute atomic E-state index is 13.7. The fraction of sp³-hybridized carbons (Fsp3) is 0.625. The van der Waals surface area contributed by atoms with Gasteiger partial charge in [-0.3, -0.25) is 9.59 Å². The normalized spacial score (nSPS) is 27.7. The first-order valence-electron chi connectivity index (χ1n) is 11.6. The first kappa shape index (κ1) is 22.6. The molecule has 2 heterocycles. The molecule has 32 heavy (non-hydrogen) atoms. The predicted molar refractivity (Wildman–Crippen MR) is 116 cm³/mol. The van der Waals surface area contributed by atoms with Crippen LogP contribution in [0, 0.1) is 5.92 Å². The largest absolute Gasteiger partial charge is 0.491 e. The molecule has 1 aromatic rings. The number of carbonyl (C=O) groups excluding carboxylic acids is 3. The number of amides is 2. The number of hydrogen-bond acceptors (Lipinski definition) is 6. The van der Waals surface area contributed by atoms with Crippen molar-refractivity contribution in [3.63, 3.8) is 0 Å². The zero-order valence-corrected chi connectivity index (χ0v) is 18.6. The second-order valence-corrected chi connectivity index (χ2v) is 8.87. The first-order valence-corrected chi connectivity index (χ1v) is 11.6. The summed E-state index contributed by atoms with van der Waals surface area (Å²) in [6.07, 6.45) is 5.24. The van der Waals surface area contributed by atoms with Crippen LogP contribution < -0.4 is 10.1 Å². The Kier molecular flexibility index (Phi) is 7.29. The SMILES string of the molecule is COC(=O)[C@@H]1C[C@@H]2CN1C(=O)[C@H](C1CCCCC1)NC(=O)Cc1cccc(c1)OCCO2. The van der Waals surface area contributed by atoms with Crippen LogP contribution in [0.4, 0.5) is 0 Å². The highest BCUT2D eigenvalue weighted by atomic mass is 16.5. The van der Waals surface area contributed by atoms with Crippen molar-refractivity contribution in [2.24, 2.45) is 5.92 Å². The molecule has 1 saturated carbocycles. The number of hydrogen-bond donors (Lipinski definition) is 1. The maximum atomic E-state index is 13.7. The number of fused-ring (bicyclic) bond motifs is 4. The smallest absolute Gasteiger partial charge is 0.328 e. The van der Waals surface area contributed by atoms with Gasteiger partial charge in [0.15, 0.2) is 0 Å². The third kappa shape index (κ3) is 5.23. The standard InChI is InChI=1S/C24H32N2O6/c1-30-24(29)20-14-19-15-26(20)23(28)22(17-7-3-2-4-8-17)25-21(27)13-16-6-5-9-18(12-16)31-10-11-32-19/h5-6,9,12,17,19-20,22H,2-4,7-8,10-11,13-15H2,1H3,(H,25,27)/t19-,20+,22+/m1/s1. The summed E-state index contributed by atoms with van der Waals surface area (Å²) in [6, 6.07) is 6.06. The van der Waals surface area contributed by atoms with E-state index in [2.05, 4.69) is 5.32 Å². The molecule has 1 N–H and O–H groups in total. The van der Waals surface area contributed by atoms with E-state index < -0.39 is 18.1 Å². The van der Waals surface area contributed by atoms with Gasteiger partial charge in [-0.15, -0.1) is 0 Å². The van der Waals surface area contributed by atoms with Crippen LogP contribution in [0.1, 0.15) is 44.1 Å². The van der Waals surface area contributed by atoms with Crippen molar-refractivity contribution in [2.45, 2.75) is 63.1 Å². The molecule has 3 atom stereocenters. The Hall–Kier alpha value is -2.61. The Balaban J connectivity index is 1.62. The summed E-state index contributed by atoms with van der Waals surface area (Å²) >= 11 is 0. The van der Waals surface area contributed by atoms with Crippen LogP contribution in [0.5, 0.6) is 5.75 Å². The highest BCUT2D eigenvalue weighted by Gasteiger charge is 2.44. The molecule has 2 aliphatic heterocycles. The highest BCUT2D eigenvalue weighted by Crippen LogP contribution is 2.30. The molecule has 8 nitrogen and oxygen atoms in total. The molecule has 0 radical (unpaired) electrons. The van der Waals surface area contributed by atoms with Crippen molar-refractivity contribution < 1.29 is 28.6 Å². The molecule has 2 amide bonds. The van der Waals surface area contributed by atoms with E-state index in [4.69, 9.17) is 14.2 Å². The van der Waals surface area contributed by atoms with Crippen molar-refractivity contribution in [3.05, 3.63) is 29.8 Å². The zero-order valence-electron chi connectivity index (χ0n) is 18.6. The fourth-order valence-electron chi connectivity index (χ4n) is 5.08. The number of methoxy groups -OCH3 is 1. The monoisotopic (exact) mass is 444 g/mol. The molecule has 8 heteroatoms. The van der Waals surface area contributed by atoms with Crippen LogP contribution in [0.25, 0.3) is 0 Å². The van der Waals surface area contributed by atoms with Crippen LogP contribution in [0.3, 0.4) is 0 Å². The summed E-state index contributed by atoms with van der Waals surface area (Å²) in [4.78, 5) is 40.7. The van der Waals surface area contributed by atoms with E-state index in [1.165, 1.54) is 7.11 Å². The topological polar surface area (TPSA) is 94.2 Å². The molecular formula is C24H32N2O6. The fourth-order valence-corrected chi connectivity index (χ4v) is 5.08. The number of carbonyl (C=O) groups is 3. The van der Waals surface area contributed by atoms with Crippen molar-refractivity contribution in [3.8, 4) is 5.75 Å². The number of benzene rings is 1. The third-order valence-electron chi connectivity index (χ3n) is 6.69. The molecule has 1 aromatic carbocycles. The second-order valence-electron chi connectivity index (χ2n) is 8.87. The summed E-state index contributed by atoms with van der Waals surface area (Å²) in [5, 5.41) is 3.01. The molecule has 1 aliphatic carbocycles. The van der Waals surface area contributed by atoms with Crippen LogP contribution >= 0.6 is 0 Å². The molecule has 4 bridgehead atoms. The van der Waals surface area contributed by atoms with Gasteiger partial charge in [-0.2, -0.15) is 0 Å². The minimum atomic E-state index is -0.706. The average molecular weight is 445 g/mol. The number of rotatable bonds is 2. The van der Waals surface area contributed by atoms with E-state index in [1.54, 1.807) is 4.90 Å². The lowest BCUT2D eigenvalue weighted by atomic mass is 9.83. The number of ether oxygens (including phenoxy) is 3. The maximum Gasteiger partial charge on any atom is 0.328 e.